The van der Waals surface area contributed by atoms with Crippen molar-refractivity contribution in [2.45, 2.75) is 59.8 Å². The van der Waals surface area contributed by atoms with Gasteiger partial charge in [0, 0.05) is 39.4 Å². The number of nitrogens with one attached hydrogen (secondary N) is 2. The molecule has 9 heteroatoms. The van der Waals surface area contributed by atoms with Gasteiger partial charge in [-0.05, 0) is 79.0 Å². The molecule has 254 valence electrons. The van der Waals surface area contributed by atoms with E-state index in [0.717, 1.165) is 85.2 Å². The molecule has 1 saturated heterocycles. The molecule has 1 heterocycles. The third-order valence-corrected chi connectivity index (χ3v) is 9.20. The first-order chi connectivity index (χ1) is 22.7. The van der Waals surface area contributed by atoms with E-state index >= 15 is 0 Å². The fraction of sp³-hybridized carbons (Fsp3) is 0.474. The molecule has 8 nitrogen and oxygen atoms in total. The first-order valence-electron chi connectivity index (χ1n) is 17.0. The van der Waals surface area contributed by atoms with Crippen LogP contribution in [0.5, 0.6) is 11.5 Å². The number of rotatable bonds is 17. The number of amides is 1. The van der Waals surface area contributed by atoms with Crippen molar-refractivity contribution in [3.63, 3.8) is 0 Å². The minimum absolute atomic E-state index is 0.101. The predicted octanol–water partition coefficient (Wildman–Crippen LogP) is 6.82. The van der Waals surface area contributed by atoms with Crippen LogP contribution in [0.15, 0.2) is 60.3 Å². The number of unbranched alkanes of at least 4 members (excludes halogenated alkanes) is 1. The van der Waals surface area contributed by atoms with E-state index in [4.69, 9.17) is 9.47 Å². The topological polar surface area (TPSA) is 83.1 Å². The Bertz CT molecular complexity index is 1540. The van der Waals surface area contributed by atoms with E-state index in [1.165, 1.54) is 26.2 Å². The second-order valence-electron chi connectivity index (χ2n) is 12.7. The molecule has 1 aliphatic heterocycles. The molecule has 1 amide bonds. The second-order valence-corrected chi connectivity index (χ2v) is 13.3. The van der Waals surface area contributed by atoms with Crippen molar-refractivity contribution in [2.24, 2.45) is 5.92 Å². The van der Waals surface area contributed by atoms with Crippen LogP contribution in [-0.4, -0.2) is 69.6 Å². The molecule has 1 aliphatic rings. The van der Waals surface area contributed by atoms with Gasteiger partial charge in [-0.25, -0.2) is 0 Å². The number of fused-ring (bicyclic) bond motifs is 1. The molecule has 47 heavy (non-hydrogen) atoms. The van der Waals surface area contributed by atoms with Gasteiger partial charge < -0.3 is 25.0 Å². The number of ketones is 1. The van der Waals surface area contributed by atoms with Gasteiger partial charge >= 0.3 is 0 Å². The molecule has 2 N–H and O–H groups in total. The Morgan fingerprint density at radius 3 is 2.53 bits per heavy atom. The molecule has 0 radical (unpaired) electrons. The maximum absolute atomic E-state index is 13.3. The van der Waals surface area contributed by atoms with Crippen molar-refractivity contribution >= 4 is 48.4 Å². The van der Waals surface area contributed by atoms with E-state index in [-0.39, 0.29) is 17.3 Å². The predicted molar refractivity (Wildman–Crippen MR) is 198 cm³/mol. The highest BCUT2D eigenvalue weighted by Crippen LogP contribution is 2.42. The van der Waals surface area contributed by atoms with Gasteiger partial charge in [0.2, 0.25) is 0 Å². The zero-order chi connectivity index (χ0) is 33.8. The summed E-state index contributed by atoms with van der Waals surface area (Å²) in [5.41, 5.74) is 2.72. The Balaban J connectivity index is 1.62. The van der Waals surface area contributed by atoms with Gasteiger partial charge in [-0.15, -0.1) is 9.24 Å². The normalized spacial score (nSPS) is 14.6. The number of anilines is 2. The molecule has 0 spiro atoms. The van der Waals surface area contributed by atoms with Gasteiger partial charge in [-0.1, -0.05) is 63.4 Å². The van der Waals surface area contributed by atoms with Crippen LogP contribution in [0.1, 0.15) is 58.4 Å². The molecule has 2 unspecified atom stereocenters. The Hall–Kier alpha value is -3.45. The van der Waals surface area contributed by atoms with Crippen molar-refractivity contribution in [1.29, 1.82) is 0 Å². The minimum atomic E-state index is -0.372. The summed E-state index contributed by atoms with van der Waals surface area (Å²) in [6.07, 6.45) is 7.12. The van der Waals surface area contributed by atoms with Gasteiger partial charge in [-0.2, -0.15) is 0 Å². The third-order valence-electron chi connectivity index (χ3n) is 8.75. The smallest absolute Gasteiger partial charge is 0.256 e. The Kier molecular flexibility index (Phi) is 14.1. The molecule has 0 saturated carbocycles. The van der Waals surface area contributed by atoms with Crippen LogP contribution in [0, 0.1) is 12.8 Å². The van der Waals surface area contributed by atoms with Gasteiger partial charge in [0.05, 0.1) is 30.2 Å². The first-order valence-corrected chi connectivity index (χ1v) is 17.6. The van der Waals surface area contributed by atoms with Crippen LogP contribution in [0.4, 0.5) is 11.4 Å². The van der Waals surface area contributed by atoms with E-state index < -0.39 is 0 Å². The van der Waals surface area contributed by atoms with E-state index in [1.54, 1.807) is 6.20 Å². The average molecular weight is 661 g/mol. The molecule has 3 aromatic rings. The van der Waals surface area contributed by atoms with E-state index in [9.17, 15) is 9.59 Å². The lowest BCUT2D eigenvalue weighted by molar-refractivity contribution is -0.121. The molecular weight excluding hydrogens is 607 g/mol. The number of Topliss-reactive ketones (excluding diaryl/α,β-unsaturated/α-hetero) is 1. The lowest BCUT2D eigenvalue weighted by atomic mass is 10.0. The summed E-state index contributed by atoms with van der Waals surface area (Å²) in [6.45, 7) is 13.5. The molecule has 3 aromatic carbocycles. The lowest BCUT2D eigenvalue weighted by Gasteiger charge is -2.27. The maximum Gasteiger partial charge on any atom is 0.256 e. The fourth-order valence-electron chi connectivity index (χ4n) is 6.00. The van der Waals surface area contributed by atoms with Gasteiger partial charge in [0.15, 0.2) is 11.5 Å². The molecule has 0 aliphatic carbocycles. The highest BCUT2D eigenvalue weighted by molar-refractivity contribution is 7.28. The first kappa shape index (κ1) is 36.4. The Morgan fingerprint density at radius 1 is 1.06 bits per heavy atom. The van der Waals surface area contributed by atoms with Crippen molar-refractivity contribution in [3.8, 4) is 11.5 Å². The van der Waals surface area contributed by atoms with E-state index in [1.807, 2.05) is 43.1 Å². The average Bonchev–Trinajstić information content (AvgIpc) is 3.06. The third kappa shape index (κ3) is 10.5. The van der Waals surface area contributed by atoms with Crippen LogP contribution >= 0.6 is 9.24 Å². The summed E-state index contributed by atoms with van der Waals surface area (Å²) in [7, 11) is 4.72. The zero-order valence-corrected chi connectivity index (χ0v) is 30.0. The van der Waals surface area contributed by atoms with E-state index in [2.05, 4.69) is 62.9 Å². The number of benzene rings is 3. The summed E-state index contributed by atoms with van der Waals surface area (Å²) in [5.74, 6) is 1.31. The van der Waals surface area contributed by atoms with Crippen molar-refractivity contribution in [3.05, 3.63) is 65.9 Å². The van der Waals surface area contributed by atoms with E-state index in [0.29, 0.717) is 24.0 Å². The Morgan fingerprint density at radius 2 is 1.81 bits per heavy atom. The summed E-state index contributed by atoms with van der Waals surface area (Å²) in [5, 5.41) is 9.85. The number of hydrogen-bond donors (Lipinski definition) is 2. The number of carbonyl (C=O) groups is 2. The number of aryl methyl sites for hydroxylation is 1. The number of nitrogens with zero attached hydrogens (tertiary/aromatic N) is 2. The number of morpholine rings is 1. The summed E-state index contributed by atoms with van der Waals surface area (Å²) < 4.78 is 12.2. The maximum atomic E-state index is 13.3. The van der Waals surface area contributed by atoms with Gasteiger partial charge in [-0.3, -0.25) is 14.5 Å². The molecule has 4 rings (SSSR count). The summed E-state index contributed by atoms with van der Waals surface area (Å²) in [6, 6.07) is 16.4. The molecule has 0 aromatic heterocycles. The highest BCUT2D eigenvalue weighted by atomic mass is 31.0. The quantitative estimate of drug-likeness (QED) is 0.0541. The lowest BCUT2D eigenvalue weighted by Crippen LogP contribution is -2.38. The summed E-state index contributed by atoms with van der Waals surface area (Å²) in [4.78, 5) is 30.2. The molecule has 2 atom stereocenters. The number of ether oxygens (including phenoxy) is 2. The van der Waals surface area contributed by atoms with Crippen molar-refractivity contribution < 1.29 is 19.1 Å². The Labute approximate surface area is 283 Å². The number of carbonyl (C=O) groups excluding carboxylic acids is 2. The van der Waals surface area contributed by atoms with Crippen LogP contribution in [-0.2, 0) is 14.3 Å². The number of hydrogen-bond acceptors (Lipinski definition) is 7. The molecule has 1 fully saturated rings. The van der Waals surface area contributed by atoms with Gasteiger partial charge in [0.25, 0.3) is 5.91 Å². The van der Waals surface area contributed by atoms with Crippen LogP contribution in [0.25, 0.3) is 10.8 Å². The minimum Gasteiger partial charge on any atom is -0.453 e. The summed E-state index contributed by atoms with van der Waals surface area (Å²) >= 11 is 0. The van der Waals surface area contributed by atoms with Crippen LogP contribution in [0.2, 0.25) is 0 Å². The van der Waals surface area contributed by atoms with Gasteiger partial charge in [0.1, 0.15) is 5.75 Å². The fourth-order valence-corrected chi connectivity index (χ4v) is 6.49. The second kappa shape index (κ2) is 18.2. The molecular formula is C38H53N4O4P. The standard InChI is InChI=1S/C38H53N4O4P/c1-6-7-11-27(2)16-18-39-35-34(47)24-28(3)36(37(35)46-32-15-14-30-12-8-9-13-31(30)25-32)41(5)26-33(29(4)43)38(44)40-17-10-19-42-20-22-45-23-21-42/h8-9,12-15,24-27,39H,6-7,10-11,16-23,47H2,1-5H3,(H,40,44)/b33-26+. The van der Waals surface area contributed by atoms with Crippen molar-refractivity contribution in [2.75, 3.05) is 63.2 Å². The molecule has 0 bridgehead atoms. The highest BCUT2D eigenvalue weighted by Gasteiger charge is 2.23. The largest absolute Gasteiger partial charge is 0.453 e. The zero-order valence-electron chi connectivity index (χ0n) is 28.9. The van der Waals surface area contributed by atoms with Crippen LogP contribution < -0.4 is 25.6 Å². The monoisotopic (exact) mass is 660 g/mol. The van der Waals surface area contributed by atoms with Crippen molar-refractivity contribution in [1.82, 2.24) is 10.2 Å². The SMILES string of the molecule is CCCCC(C)CCNc1c(P)cc(C)c(N(C)/C=C(\C(C)=O)C(=O)NCCCN2CCOCC2)c1Oc1ccc2ccccc2c1. The van der Waals surface area contributed by atoms with Crippen LogP contribution in [0.3, 0.4) is 0 Å².